The molecule has 0 aliphatic carbocycles. The van der Waals surface area contributed by atoms with Crippen LogP contribution >= 0.6 is 0 Å². The Hall–Kier alpha value is -0.260. The second-order valence-corrected chi connectivity index (χ2v) is 9.47. The first-order chi connectivity index (χ1) is 13.7. The van der Waals surface area contributed by atoms with Crippen molar-refractivity contribution in [3.05, 3.63) is 12.2 Å². The molecule has 0 aliphatic heterocycles. The predicted octanol–water partition coefficient (Wildman–Crippen LogP) is 10.7. The molecule has 0 spiro atoms. The van der Waals surface area contributed by atoms with E-state index in [9.17, 15) is 0 Å². The van der Waals surface area contributed by atoms with Gasteiger partial charge in [-0.15, -0.1) is 0 Å². The molecule has 0 rings (SSSR count). The highest BCUT2D eigenvalue weighted by Crippen LogP contribution is 2.23. The first kappa shape index (κ1) is 27.7. The normalized spacial score (nSPS) is 14.0. The van der Waals surface area contributed by atoms with E-state index in [1.807, 2.05) is 0 Å². The van der Waals surface area contributed by atoms with Gasteiger partial charge in [0.1, 0.15) is 0 Å². The third kappa shape index (κ3) is 20.5. The van der Waals surface area contributed by atoms with Crippen LogP contribution in [0.2, 0.25) is 0 Å². The van der Waals surface area contributed by atoms with Gasteiger partial charge in [0.25, 0.3) is 0 Å². The molecule has 2 atom stereocenters. The molecule has 0 bridgehead atoms. The fourth-order valence-corrected chi connectivity index (χ4v) is 4.33. The van der Waals surface area contributed by atoms with Gasteiger partial charge in [0.2, 0.25) is 0 Å². The summed E-state index contributed by atoms with van der Waals surface area (Å²) in [6.07, 6.45) is 33.2. The van der Waals surface area contributed by atoms with Gasteiger partial charge in [0.15, 0.2) is 0 Å². The highest BCUT2D eigenvalue weighted by Gasteiger charge is 2.08. The Morgan fingerprint density at radius 3 is 1.68 bits per heavy atom. The Morgan fingerprint density at radius 2 is 1.00 bits per heavy atom. The van der Waals surface area contributed by atoms with E-state index < -0.39 is 0 Å². The third-order valence-electron chi connectivity index (χ3n) is 6.56. The summed E-state index contributed by atoms with van der Waals surface area (Å²) in [6, 6.07) is 0. The zero-order chi connectivity index (χ0) is 20.7. The molecule has 0 amide bonds. The van der Waals surface area contributed by atoms with Crippen LogP contribution in [-0.2, 0) is 0 Å². The Kier molecular flexibility index (Phi) is 22.8. The van der Waals surface area contributed by atoms with Crippen LogP contribution in [0, 0.1) is 11.8 Å². The molecule has 0 heteroatoms. The first-order valence-electron chi connectivity index (χ1n) is 13.4. The van der Waals surface area contributed by atoms with Gasteiger partial charge < -0.3 is 0 Å². The average Bonchev–Trinajstić information content (AvgIpc) is 2.70. The number of unbranched alkanes of at least 4 members (excludes halogenated alkanes) is 11. The molecule has 0 saturated heterocycles. The molecule has 0 aromatic rings. The van der Waals surface area contributed by atoms with Crippen LogP contribution in [0.5, 0.6) is 0 Å². The number of hydrogen-bond acceptors (Lipinski definition) is 0. The maximum Gasteiger partial charge on any atom is -0.0351 e. The van der Waals surface area contributed by atoms with Crippen molar-refractivity contribution in [2.45, 2.75) is 156 Å². The molecule has 28 heavy (non-hydrogen) atoms. The largest absolute Gasteiger partial charge is 0.0885 e. The molecule has 0 aromatic heterocycles. The van der Waals surface area contributed by atoms with Gasteiger partial charge in [-0.3, -0.25) is 0 Å². The summed E-state index contributed by atoms with van der Waals surface area (Å²) in [4.78, 5) is 0. The van der Waals surface area contributed by atoms with E-state index in [0.717, 1.165) is 11.8 Å². The Balaban J connectivity index is 3.49. The van der Waals surface area contributed by atoms with E-state index in [0.29, 0.717) is 0 Å². The van der Waals surface area contributed by atoms with E-state index in [1.54, 1.807) is 0 Å². The van der Waals surface area contributed by atoms with Crippen molar-refractivity contribution >= 4 is 0 Å². The zero-order valence-electron chi connectivity index (χ0n) is 20.5. The molecule has 0 nitrogen and oxygen atoms in total. The van der Waals surface area contributed by atoms with Crippen molar-refractivity contribution < 1.29 is 0 Å². The maximum atomic E-state index is 2.49. The number of allylic oxidation sites excluding steroid dienone is 2. The highest BCUT2D eigenvalue weighted by atomic mass is 14.1. The minimum Gasteiger partial charge on any atom is -0.0885 e. The van der Waals surface area contributed by atoms with Crippen molar-refractivity contribution in [1.82, 2.24) is 0 Å². The second-order valence-electron chi connectivity index (χ2n) is 9.47. The van der Waals surface area contributed by atoms with Gasteiger partial charge in [-0.2, -0.15) is 0 Å². The molecule has 0 radical (unpaired) electrons. The van der Waals surface area contributed by atoms with Gasteiger partial charge in [0, 0.05) is 0 Å². The molecule has 0 aliphatic rings. The van der Waals surface area contributed by atoms with E-state index in [4.69, 9.17) is 0 Å². The SMILES string of the molecule is CCCCC=CCCCCCCC(CC)CCCC(C)CCCCCCCC. The fraction of sp³-hybridized carbons (Fsp3) is 0.929. The summed E-state index contributed by atoms with van der Waals surface area (Å²) in [7, 11) is 0. The maximum absolute atomic E-state index is 2.49. The van der Waals surface area contributed by atoms with Crippen LogP contribution in [0.25, 0.3) is 0 Å². The van der Waals surface area contributed by atoms with E-state index in [1.165, 1.54) is 128 Å². The number of hydrogen-bond donors (Lipinski definition) is 0. The summed E-state index contributed by atoms with van der Waals surface area (Å²) in [5.41, 5.74) is 0. The molecule has 168 valence electrons. The minimum absolute atomic E-state index is 0.953. The topological polar surface area (TPSA) is 0 Å². The van der Waals surface area contributed by atoms with Crippen molar-refractivity contribution in [2.75, 3.05) is 0 Å². The van der Waals surface area contributed by atoms with Crippen LogP contribution in [0.1, 0.15) is 156 Å². The molecule has 0 fully saturated rings. The predicted molar refractivity (Wildman–Crippen MR) is 131 cm³/mol. The number of rotatable bonds is 22. The monoisotopic (exact) mass is 392 g/mol. The van der Waals surface area contributed by atoms with E-state index in [2.05, 4.69) is 39.8 Å². The molecule has 0 heterocycles. The summed E-state index contributed by atoms with van der Waals surface area (Å²) >= 11 is 0. The lowest BCUT2D eigenvalue weighted by atomic mass is 9.90. The van der Waals surface area contributed by atoms with Gasteiger partial charge >= 0.3 is 0 Å². The Morgan fingerprint density at radius 1 is 0.500 bits per heavy atom. The lowest BCUT2D eigenvalue weighted by Crippen LogP contribution is -2.02. The van der Waals surface area contributed by atoms with Crippen molar-refractivity contribution in [3.8, 4) is 0 Å². The zero-order valence-corrected chi connectivity index (χ0v) is 20.5. The average molecular weight is 393 g/mol. The van der Waals surface area contributed by atoms with Gasteiger partial charge in [0.05, 0.1) is 0 Å². The highest BCUT2D eigenvalue weighted by molar-refractivity contribution is 4.81. The van der Waals surface area contributed by atoms with E-state index in [-0.39, 0.29) is 0 Å². The van der Waals surface area contributed by atoms with Crippen LogP contribution in [0.3, 0.4) is 0 Å². The lowest BCUT2D eigenvalue weighted by molar-refractivity contribution is 0.367. The fourth-order valence-electron chi connectivity index (χ4n) is 4.33. The molecule has 0 N–H and O–H groups in total. The molecule has 0 saturated carbocycles. The quantitative estimate of drug-likeness (QED) is 0.127. The van der Waals surface area contributed by atoms with Crippen LogP contribution in [0.15, 0.2) is 12.2 Å². The molecular formula is C28H56. The minimum atomic E-state index is 0.953. The summed E-state index contributed by atoms with van der Waals surface area (Å²) < 4.78 is 0. The summed E-state index contributed by atoms with van der Waals surface area (Å²) in [6.45, 7) is 9.48. The first-order valence-corrected chi connectivity index (χ1v) is 13.4. The lowest BCUT2D eigenvalue weighted by Gasteiger charge is -2.16. The van der Waals surface area contributed by atoms with Crippen molar-refractivity contribution in [3.63, 3.8) is 0 Å². The Labute approximate surface area is 180 Å². The van der Waals surface area contributed by atoms with E-state index >= 15 is 0 Å². The molecule has 0 aromatic carbocycles. The third-order valence-corrected chi connectivity index (χ3v) is 6.56. The Bertz CT molecular complexity index is 303. The summed E-state index contributed by atoms with van der Waals surface area (Å²) in [5, 5.41) is 0. The molecule has 2 unspecified atom stereocenters. The van der Waals surface area contributed by atoms with Crippen molar-refractivity contribution in [1.29, 1.82) is 0 Å². The van der Waals surface area contributed by atoms with Crippen LogP contribution in [-0.4, -0.2) is 0 Å². The standard InChI is InChI=1S/C28H56/c1-5-8-10-12-14-15-16-17-19-21-25-28(7-3)26-22-24-27(4)23-20-18-13-11-9-6-2/h12,14,27-28H,5-11,13,15-26H2,1-4H3. The van der Waals surface area contributed by atoms with Gasteiger partial charge in [-0.25, -0.2) is 0 Å². The van der Waals surface area contributed by atoms with Gasteiger partial charge in [-0.1, -0.05) is 149 Å². The van der Waals surface area contributed by atoms with Crippen LogP contribution < -0.4 is 0 Å². The smallest absolute Gasteiger partial charge is 0.0351 e. The van der Waals surface area contributed by atoms with Crippen molar-refractivity contribution in [2.24, 2.45) is 11.8 Å². The van der Waals surface area contributed by atoms with Gasteiger partial charge in [-0.05, 0) is 31.1 Å². The second kappa shape index (κ2) is 23.0. The summed E-state index contributed by atoms with van der Waals surface area (Å²) in [5.74, 6) is 1.95. The van der Waals surface area contributed by atoms with Crippen LogP contribution in [0.4, 0.5) is 0 Å². The molecular weight excluding hydrogens is 336 g/mol.